The van der Waals surface area contributed by atoms with E-state index in [1.165, 1.54) is 43.8 Å². The summed E-state index contributed by atoms with van der Waals surface area (Å²) in [6.07, 6.45) is 0. The minimum atomic E-state index is 0. The SMILES string of the molecule is Cc1cccc(-[c-]2c(C)c([Si])c3ccccc32)c1C.[Cl-].[Cl-].[Cl-].[Ti+4]. The monoisotopic (exact) mass is 413 g/mol. The molecule has 5 heteroatoms. The fourth-order valence-electron chi connectivity index (χ4n) is 2.82. The third-order valence-corrected chi connectivity index (χ3v) is 4.73. The van der Waals surface area contributed by atoms with Crippen LogP contribution in [-0.2, 0) is 21.7 Å². The van der Waals surface area contributed by atoms with Gasteiger partial charge in [-0.15, -0.1) is 22.9 Å². The van der Waals surface area contributed by atoms with Crippen molar-refractivity contribution in [2.24, 2.45) is 0 Å². The van der Waals surface area contributed by atoms with E-state index in [4.69, 9.17) is 0 Å². The van der Waals surface area contributed by atoms with Crippen molar-refractivity contribution in [1.29, 1.82) is 0 Å². The van der Waals surface area contributed by atoms with Crippen LogP contribution < -0.4 is 42.4 Å². The molecule has 0 bridgehead atoms. The van der Waals surface area contributed by atoms with Gasteiger partial charge in [-0.1, -0.05) is 77.2 Å². The Labute approximate surface area is 175 Å². The van der Waals surface area contributed by atoms with E-state index in [2.05, 4.69) is 73.5 Å². The standard InChI is InChI=1S/C18H16Si.3ClH.Ti/c1-11-7-6-10-14(12(11)2)17-13(3)18(19)16-9-5-4-8-15(16)17;;;;/h4-10H,1-3H3;3*1H;/q-1;;;;+4/p-3. The van der Waals surface area contributed by atoms with E-state index in [0.29, 0.717) is 0 Å². The molecule has 3 aromatic rings. The van der Waals surface area contributed by atoms with Crippen LogP contribution in [0.5, 0.6) is 0 Å². The van der Waals surface area contributed by atoms with Crippen molar-refractivity contribution in [3.63, 3.8) is 0 Å². The fourth-order valence-corrected chi connectivity index (χ4v) is 3.16. The summed E-state index contributed by atoms with van der Waals surface area (Å²) in [4.78, 5) is 0. The van der Waals surface area contributed by atoms with Gasteiger partial charge in [0, 0.05) is 10.2 Å². The van der Waals surface area contributed by atoms with Gasteiger partial charge >= 0.3 is 21.7 Å². The number of aryl methyl sites for hydroxylation is 1. The van der Waals surface area contributed by atoms with Gasteiger partial charge in [-0.25, -0.2) is 0 Å². The first-order chi connectivity index (χ1) is 9.11. The Morgan fingerprint density at radius 3 is 2.09 bits per heavy atom. The van der Waals surface area contributed by atoms with Gasteiger partial charge in [0.1, 0.15) is 0 Å². The van der Waals surface area contributed by atoms with E-state index in [9.17, 15) is 0 Å². The second kappa shape index (κ2) is 9.98. The van der Waals surface area contributed by atoms with E-state index >= 15 is 0 Å². The molecule has 0 aliphatic rings. The summed E-state index contributed by atoms with van der Waals surface area (Å²) in [5.41, 5.74) is 6.75. The number of fused-ring (bicyclic) bond motifs is 1. The Morgan fingerprint density at radius 2 is 1.43 bits per heavy atom. The first-order valence-corrected chi connectivity index (χ1v) is 7.07. The summed E-state index contributed by atoms with van der Waals surface area (Å²) in [5.74, 6) is 0. The summed E-state index contributed by atoms with van der Waals surface area (Å²) in [5, 5.41) is 3.85. The fraction of sp³-hybridized carbons (Fsp3) is 0.167. The van der Waals surface area contributed by atoms with Crippen LogP contribution in [0.3, 0.4) is 0 Å². The number of hydrogen-bond donors (Lipinski definition) is 0. The maximum absolute atomic E-state index is 3.80. The molecule has 0 aromatic heterocycles. The largest absolute Gasteiger partial charge is 4.00 e. The van der Waals surface area contributed by atoms with Crippen molar-refractivity contribution < 1.29 is 58.9 Å². The van der Waals surface area contributed by atoms with Crippen molar-refractivity contribution in [3.8, 4) is 11.1 Å². The van der Waals surface area contributed by atoms with Gasteiger partial charge in [-0.2, -0.15) is 0 Å². The average Bonchev–Trinajstić information content (AvgIpc) is 2.67. The van der Waals surface area contributed by atoms with Gasteiger partial charge in [0.15, 0.2) is 0 Å². The third-order valence-electron chi connectivity index (χ3n) is 4.09. The molecule has 0 N–H and O–H groups in total. The van der Waals surface area contributed by atoms with Crippen molar-refractivity contribution >= 4 is 26.2 Å². The molecule has 0 amide bonds. The van der Waals surface area contributed by atoms with Crippen LogP contribution >= 0.6 is 0 Å². The molecular formula is C18H16Cl3SiTi. The van der Waals surface area contributed by atoms with Gasteiger partial charge in [-0.05, 0) is 6.92 Å². The molecule has 0 unspecified atom stereocenters. The molecule has 0 saturated heterocycles. The Bertz CT molecular complexity index is 781. The molecule has 0 heterocycles. The first kappa shape index (κ1) is 25.1. The molecule has 0 saturated carbocycles. The van der Waals surface area contributed by atoms with Crippen LogP contribution in [0.15, 0.2) is 42.5 Å². The average molecular weight is 415 g/mol. The van der Waals surface area contributed by atoms with Crippen LogP contribution in [0.2, 0.25) is 0 Å². The maximum Gasteiger partial charge on any atom is 4.00 e. The molecule has 3 radical (unpaired) electrons. The van der Waals surface area contributed by atoms with Crippen molar-refractivity contribution in [3.05, 3.63) is 59.2 Å². The van der Waals surface area contributed by atoms with Crippen molar-refractivity contribution in [2.45, 2.75) is 20.8 Å². The second-order valence-corrected chi connectivity index (χ2v) is 5.67. The first-order valence-electron chi connectivity index (χ1n) is 6.57. The topological polar surface area (TPSA) is 0 Å². The van der Waals surface area contributed by atoms with Gasteiger partial charge in [0.05, 0.1) is 0 Å². The van der Waals surface area contributed by atoms with Crippen LogP contribution in [0.4, 0.5) is 0 Å². The number of benzene rings is 2. The van der Waals surface area contributed by atoms with Crippen LogP contribution in [0, 0.1) is 20.8 Å². The molecule has 3 aromatic carbocycles. The minimum Gasteiger partial charge on any atom is -1.00 e. The van der Waals surface area contributed by atoms with Crippen molar-refractivity contribution in [1.82, 2.24) is 0 Å². The van der Waals surface area contributed by atoms with E-state index in [-0.39, 0.29) is 58.9 Å². The number of hydrogen-bond acceptors (Lipinski definition) is 0. The Morgan fingerprint density at radius 1 is 0.826 bits per heavy atom. The van der Waals surface area contributed by atoms with Crippen LogP contribution in [0.25, 0.3) is 21.9 Å². The smallest absolute Gasteiger partial charge is 1.00 e. The molecule has 0 aliphatic carbocycles. The quantitative estimate of drug-likeness (QED) is 0.276. The molecule has 0 nitrogen and oxygen atoms in total. The third kappa shape index (κ3) is 4.28. The molecule has 23 heavy (non-hydrogen) atoms. The molecule has 0 fully saturated rings. The predicted molar refractivity (Wildman–Crippen MR) is 84.6 cm³/mol. The summed E-state index contributed by atoms with van der Waals surface area (Å²) in [6, 6.07) is 15.1. The van der Waals surface area contributed by atoms with E-state index in [1.807, 2.05) is 0 Å². The zero-order valence-electron chi connectivity index (χ0n) is 13.2. The summed E-state index contributed by atoms with van der Waals surface area (Å²) in [6.45, 7) is 6.58. The molecule has 3 rings (SSSR count). The molecule has 0 spiro atoms. The summed E-state index contributed by atoms with van der Waals surface area (Å²) < 4.78 is 0. The molecule has 0 atom stereocenters. The Balaban J connectivity index is 0. The van der Waals surface area contributed by atoms with E-state index in [0.717, 1.165) is 0 Å². The number of rotatable bonds is 1. The van der Waals surface area contributed by atoms with E-state index in [1.54, 1.807) is 0 Å². The maximum atomic E-state index is 3.80. The van der Waals surface area contributed by atoms with Crippen LogP contribution in [0.1, 0.15) is 16.7 Å². The van der Waals surface area contributed by atoms with Gasteiger partial charge < -0.3 is 37.2 Å². The summed E-state index contributed by atoms with van der Waals surface area (Å²) in [7, 11) is 3.80. The van der Waals surface area contributed by atoms with E-state index < -0.39 is 0 Å². The van der Waals surface area contributed by atoms with Crippen molar-refractivity contribution in [2.75, 3.05) is 0 Å². The Hall–Kier alpha value is -0.149. The molecule has 117 valence electrons. The van der Waals surface area contributed by atoms with Gasteiger partial charge in [-0.3, -0.25) is 0 Å². The van der Waals surface area contributed by atoms with Crippen LogP contribution in [-0.4, -0.2) is 10.2 Å². The Kier molecular flexibility index (Phi) is 10.9. The molecular weight excluding hydrogens is 399 g/mol. The normalized spacial score (nSPS) is 9.22. The van der Waals surface area contributed by atoms with Gasteiger partial charge in [0.2, 0.25) is 0 Å². The summed E-state index contributed by atoms with van der Waals surface area (Å²) >= 11 is 0. The predicted octanol–water partition coefficient (Wildman–Crippen LogP) is -5.05. The molecule has 0 aliphatic heterocycles. The van der Waals surface area contributed by atoms with Gasteiger partial charge in [0.25, 0.3) is 0 Å². The number of halogens is 3. The zero-order chi connectivity index (χ0) is 13.6. The zero-order valence-corrected chi connectivity index (χ0v) is 18.0. The second-order valence-electron chi connectivity index (χ2n) is 5.17. The minimum absolute atomic E-state index is 0.